The summed E-state index contributed by atoms with van der Waals surface area (Å²) in [7, 11) is 1.35. The molecule has 0 unspecified atom stereocenters. The molecule has 0 radical (unpaired) electrons. The molecule has 1 aromatic rings. The van der Waals surface area contributed by atoms with Gasteiger partial charge in [0.2, 0.25) is 0 Å². The van der Waals surface area contributed by atoms with Crippen LogP contribution in [0.25, 0.3) is 0 Å². The van der Waals surface area contributed by atoms with E-state index in [1.165, 1.54) is 7.11 Å². The number of ketones is 1. The van der Waals surface area contributed by atoms with Crippen molar-refractivity contribution < 1.29 is 19.1 Å². The number of carbonyl (C=O) groups is 2. The highest BCUT2D eigenvalue weighted by Gasteiger charge is 2.32. The first-order valence-electron chi connectivity index (χ1n) is 5.83. The maximum absolute atomic E-state index is 11.9. The van der Waals surface area contributed by atoms with Crippen molar-refractivity contribution in [2.75, 3.05) is 7.11 Å². The minimum Gasteiger partial charge on any atom is -0.487 e. The van der Waals surface area contributed by atoms with Gasteiger partial charge in [-0.2, -0.15) is 0 Å². The fourth-order valence-corrected chi connectivity index (χ4v) is 2.05. The number of ether oxygens (including phenoxy) is 2. The number of hydrogen-bond acceptors (Lipinski definition) is 4. The summed E-state index contributed by atoms with van der Waals surface area (Å²) in [5, 5.41) is 0. The standard InChI is InChI=1S/C14H16O4/c1-14(2)8-11(15)10-5-4-9(6-12(10)18-14)7-13(16)17-3/h4-6H,7-8H2,1-3H3. The number of carbonyl (C=O) groups excluding carboxylic acids is 2. The molecule has 2 rings (SSSR count). The highest BCUT2D eigenvalue weighted by atomic mass is 16.5. The monoisotopic (exact) mass is 248 g/mol. The van der Waals surface area contributed by atoms with E-state index in [4.69, 9.17) is 4.74 Å². The van der Waals surface area contributed by atoms with Crippen LogP contribution in [-0.4, -0.2) is 24.5 Å². The third-order valence-corrected chi connectivity index (χ3v) is 2.90. The molecule has 0 atom stereocenters. The van der Waals surface area contributed by atoms with Gasteiger partial charge in [0.05, 0.1) is 25.5 Å². The topological polar surface area (TPSA) is 52.6 Å². The molecule has 0 spiro atoms. The van der Waals surface area contributed by atoms with Gasteiger partial charge < -0.3 is 9.47 Å². The van der Waals surface area contributed by atoms with Gasteiger partial charge >= 0.3 is 5.97 Å². The fourth-order valence-electron chi connectivity index (χ4n) is 2.05. The summed E-state index contributed by atoms with van der Waals surface area (Å²) in [5.74, 6) is 0.319. The van der Waals surface area contributed by atoms with Gasteiger partial charge in [-0.25, -0.2) is 0 Å². The Morgan fingerprint density at radius 2 is 2.17 bits per heavy atom. The SMILES string of the molecule is COC(=O)Cc1ccc2c(c1)OC(C)(C)CC2=O. The maximum Gasteiger partial charge on any atom is 0.309 e. The average Bonchev–Trinajstić information content (AvgIpc) is 2.26. The Balaban J connectivity index is 2.31. The average molecular weight is 248 g/mol. The molecule has 0 amide bonds. The second kappa shape index (κ2) is 4.44. The quantitative estimate of drug-likeness (QED) is 0.752. The molecule has 1 aliphatic heterocycles. The summed E-state index contributed by atoms with van der Waals surface area (Å²) in [6.45, 7) is 3.75. The fraction of sp³-hybridized carbons (Fsp3) is 0.429. The zero-order valence-electron chi connectivity index (χ0n) is 10.8. The van der Waals surface area contributed by atoms with E-state index >= 15 is 0 Å². The Hall–Kier alpha value is -1.84. The molecule has 0 fully saturated rings. The molecule has 0 aliphatic carbocycles. The molecule has 0 saturated carbocycles. The lowest BCUT2D eigenvalue weighted by atomic mass is 9.92. The van der Waals surface area contributed by atoms with Crippen LogP contribution in [0.2, 0.25) is 0 Å². The lowest BCUT2D eigenvalue weighted by Gasteiger charge is -2.31. The Labute approximate surface area is 106 Å². The van der Waals surface area contributed by atoms with Gasteiger partial charge in [0.25, 0.3) is 0 Å². The molecule has 1 heterocycles. The summed E-state index contributed by atoms with van der Waals surface area (Å²) in [5.41, 5.74) is 0.877. The van der Waals surface area contributed by atoms with Gasteiger partial charge in [0, 0.05) is 0 Å². The van der Waals surface area contributed by atoms with Crippen molar-refractivity contribution in [2.24, 2.45) is 0 Å². The van der Waals surface area contributed by atoms with Gasteiger partial charge in [-0.15, -0.1) is 0 Å². The Kier molecular flexibility index (Phi) is 3.11. The first-order chi connectivity index (χ1) is 8.41. The normalized spacial score (nSPS) is 16.7. The Bertz CT molecular complexity index is 503. The lowest BCUT2D eigenvalue weighted by molar-refractivity contribution is -0.139. The minimum absolute atomic E-state index is 0.0749. The molecule has 18 heavy (non-hydrogen) atoms. The molecule has 96 valence electrons. The van der Waals surface area contributed by atoms with Crippen LogP contribution in [0.4, 0.5) is 0 Å². The Morgan fingerprint density at radius 1 is 1.44 bits per heavy atom. The largest absolute Gasteiger partial charge is 0.487 e. The highest BCUT2D eigenvalue weighted by Crippen LogP contribution is 2.33. The van der Waals surface area contributed by atoms with E-state index in [9.17, 15) is 9.59 Å². The number of Topliss-reactive ketones (excluding diaryl/α,β-unsaturated/α-hetero) is 1. The van der Waals surface area contributed by atoms with E-state index in [1.807, 2.05) is 13.8 Å². The van der Waals surface area contributed by atoms with Gasteiger partial charge in [-0.05, 0) is 31.5 Å². The summed E-state index contributed by atoms with van der Waals surface area (Å²) in [6, 6.07) is 5.21. The minimum atomic E-state index is -0.492. The number of hydrogen-bond donors (Lipinski definition) is 0. The molecule has 4 nitrogen and oxygen atoms in total. The van der Waals surface area contributed by atoms with E-state index < -0.39 is 5.60 Å². The molecular formula is C14H16O4. The zero-order valence-corrected chi connectivity index (χ0v) is 10.8. The van der Waals surface area contributed by atoms with Crippen LogP contribution in [0, 0.1) is 0 Å². The summed E-state index contributed by atoms with van der Waals surface area (Å²) in [6.07, 6.45) is 0.554. The molecule has 0 saturated heterocycles. The van der Waals surface area contributed by atoms with Gasteiger partial charge in [0.15, 0.2) is 5.78 Å². The van der Waals surface area contributed by atoms with E-state index in [1.54, 1.807) is 18.2 Å². The van der Waals surface area contributed by atoms with Crippen molar-refractivity contribution in [1.82, 2.24) is 0 Å². The lowest BCUT2D eigenvalue weighted by Crippen LogP contribution is -2.35. The maximum atomic E-state index is 11.9. The summed E-state index contributed by atoms with van der Waals surface area (Å²) >= 11 is 0. The van der Waals surface area contributed by atoms with Crippen molar-refractivity contribution in [3.8, 4) is 5.75 Å². The first-order valence-corrected chi connectivity index (χ1v) is 5.83. The van der Waals surface area contributed by atoms with Crippen molar-refractivity contribution >= 4 is 11.8 Å². The first kappa shape index (κ1) is 12.6. The van der Waals surface area contributed by atoms with Crippen molar-refractivity contribution in [1.29, 1.82) is 0 Å². The van der Waals surface area contributed by atoms with Crippen LogP contribution >= 0.6 is 0 Å². The molecule has 0 aromatic heterocycles. The van der Waals surface area contributed by atoms with E-state index in [-0.39, 0.29) is 18.2 Å². The van der Waals surface area contributed by atoms with Crippen LogP contribution in [-0.2, 0) is 16.0 Å². The van der Waals surface area contributed by atoms with Gasteiger partial charge in [-0.3, -0.25) is 9.59 Å². The van der Waals surface area contributed by atoms with Crippen molar-refractivity contribution in [3.63, 3.8) is 0 Å². The summed E-state index contributed by atoms with van der Waals surface area (Å²) in [4.78, 5) is 23.1. The molecule has 1 aromatic carbocycles. The van der Waals surface area contributed by atoms with Crippen LogP contribution in [0.1, 0.15) is 36.2 Å². The predicted molar refractivity (Wildman–Crippen MR) is 65.8 cm³/mol. The second-order valence-electron chi connectivity index (χ2n) is 5.05. The number of fused-ring (bicyclic) bond motifs is 1. The highest BCUT2D eigenvalue weighted by molar-refractivity contribution is 6.00. The van der Waals surface area contributed by atoms with Crippen LogP contribution < -0.4 is 4.74 Å². The van der Waals surface area contributed by atoms with Crippen LogP contribution in [0.5, 0.6) is 5.75 Å². The summed E-state index contributed by atoms with van der Waals surface area (Å²) < 4.78 is 10.4. The number of rotatable bonds is 2. The van der Waals surface area contributed by atoms with E-state index in [0.717, 1.165) is 5.56 Å². The predicted octanol–water partition coefficient (Wildman–Crippen LogP) is 2.15. The molecule has 0 bridgehead atoms. The third kappa shape index (κ3) is 2.53. The molecule has 0 N–H and O–H groups in total. The number of benzene rings is 1. The van der Waals surface area contributed by atoms with Crippen molar-refractivity contribution in [2.45, 2.75) is 32.3 Å². The smallest absolute Gasteiger partial charge is 0.309 e. The zero-order chi connectivity index (χ0) is 13.3. The van der Waals surface area contributed by atoms with Gasteiger partial charge in [0.1, 0.15) is 11.4 Å². The second-order valence-corrected chi connectivity index (χ2v) is 5.05. The third-order valence-electron chi connectivity index (χ3n) is 2.90. The molecule has 1 aliphatic rings. The van der Waals surface area contributed by atoms with Crippen molar-refractivity contribution in [3.05, 3.63) is 29.3 Å². The number of esters is 1. The van der Waals surface area contributed by atoms with E-state index in [0.29, 0.717) is 17.7 Å². The van der Waals surface area contributed by atoms with Crippen LogP contribution in [0.15, 0.2) is 18.2 Å². The van der Waals surface area contributed by atoms with Gasteiger partial charge in [-0.1, -0.05) is 6.07 Å². The molecule has 4 heteroatoms. The Morgan fingerprint density at radius 3 is 2.83 bits per heavy atom. The number of methoxy groups -OCH3 is 1. The molecular weight excluding hydrogens is 232 g/mol. The van der Waals surface area contributed by atoms with E-state index in [2.05, 4.69) is 4.74 Å². The van der Waals surface area contributed by atoms with Crippen LogP contribution in [0.3, 0.4) is 0 Å².